The van der Waals surface area contributed by atoms with Crippen LogP contribution in [0, 0.1) is 6.57 Å². The van der Waals surface area contributed by atoms with E-state index in [2.05, 4.69) is 14.5 Å². The molecule has 0 N–H and O–H groups in total. The number of ether oxygens (including phenoxy) is 1. The molecule has 0 unspecified atom stereocenters. The van der Waals surface area contributed by atoms with E-state index in [4.69, 9.17) is 11.3 Å². The van der Waals surface area contributed by atoms with E-state index in [0.29, 0.717) is 11.5 Å². The zero-order valence-electron chi connectivity index (χ0n) is 5.50. The van der Waals surface area contributed by atoms with Crippen LogP contribution >= 0.6 is 0 Å². The van der Waals surface area contributed by atoms with Crippen LogP contribution in [0.2, 0.25) is 0 Å². The molecule has 1 heterocycles. The fourth-order valence-corrected chi connectivity index (χ4v) is 0.608. The van der Waals surface area contributed by atoms with Gasteiger partial charge in [0.15, 0.2) is 0 Å². The van der Waals surface area contributed by atoms with Crippen molar-refractivity contribution in [2.75, 3.05) is 7.11 Å². The molecule has 0 fully saturated rings. The first-order valence-corrected chi connectivity index (χ1v) is 2.69. The van der Waals surface area contributed by atoms with Gasteiger partial charge in [-0.1, -0.05) is 5.16 Å². The van der Waals surface area contributed by atoms with Gasteiger partial charge in [-0.15, -0.1) is 0 Å². The summed E-state index contributed by atoms with van der Waals surface area (Å²) in [6.07, 6.45) is 1.48. The van der Waals surface area contributed by atoms with Crippen LogP contribution in [0.5, 0.6) is 5.95 Å². The van der Waals surface area contributed by atoms with E-state index < -0.39 is 0 Å². The van der Waals surface area contributed by atoms with Gasteiger partial charge in [-0.2, -0.15) is 0 Å². The van der Waals surface area contributed by atoms with Crippen LogP contribution in [0.15, 0.2) is 10.7 Å². The Morgan fingerprint density at radius 3 is 3.30 bits per heavy atom. The summed E-state index contributed by atoms with van der Waals surface area (Å²) in [7, 11) is 1.48. The molecule has 1 aromatic rings. The molecule has 0 aliphatic carbocycles. The Kier molecular flexibility index (Phi) is 1.90. The largest absolute Gasteiger partial charge is 0.467 e. The van der Waals surface area contributed by atoms with Crippen LogP contribution in [-0.2, 0) is 6.54 Å². The van der Waals surface area contributed by atoms with Crippen LogP contribution in [0.4, 0.5) is 0 Å². The van der Waals surface area contributed by atoms with Crippen LogP contribution in [-0.4, -0.2) is 12.3 Å². The van der Waals surface area contributed by atoms with Crippen LogP contribution in [0.1, 0.15) is 5.56 Å². The quantitative estimate of drug-likeness (QED) is 0.574. The number of aromatic nitrogens is 1. The Balaban J connectivity index is 2.82. The first-order valence-electron chi connectivity index (χ1n) is 2.69. The maximum Gasteiger partial charge on any atom is 0.321 e. The van der Waals surface area contributed by atoms with Gasteiger partial charge in [-0.25, -0.2) is 6.57 Å². The molecular formula is C6H6N2O2. The minimum absolute atomic E-state index is 0.257. The first-order chi connectivity index (χ1) is 4.88. The van der Waals surface area contributed by atoms with Crippen molar-refractivity contribution in [2.24, 2.45) is 0 Å². The fraction of sp³-hybridized carbons (Fsp3) is 0.333. The zero-order valence-corrected chi connectivity index (χ0v) is 5.50. The van der Waals surface area contributed by atoms with Gasteiger partial charge >= 0.3 is 5.95 Å². The van der Waals surface area contributed by atoms with Crippen molar-refractivity contribution in [3.05, 3.63) is 23.2 Å². The van der Waals surface area contributed by atoms with Crippen LogP contribution in [0.3, 0.4) is 0 Å². The monoisotopic (exact) mass is 138 g/mol. The predicted molar refractivity (Wildman–Crippen MR) is 33.4 cm³/mol. The van der Waals surface area contributed by atoms with E-state index in [1.165, 1.54) is 13.3 Å². The zero-order chi connectivity index (χ0) is 7.40. The average molecular weight is 138 g/mol. The van der Waals surface area contributed by atoms with Gasteiger partial charge in [0.25, 0.3) is 0 Å². The number of methoxy groups -OCH3 is 1. The molecule has 0 amide bonds. The van der Waals surface area contributed by atoms with E-state index in [9.17, 15) is 0 Å². The lowest BCUT2D eigenvalue weighted by Gasteiger charge is -1.89. The molecular weight excluding hydrogens is 132 g/mol. The second-order valence-corrected chi connectivity index (χ2v) is 1.66. The van der Waals surface area contributed by atoms with Crippen molar-refractivity contribution in [3.8, 4) is 5.95 Å². The molecule has 0 aromatic carbocycles. The summed E-state index contributed by atoms with van der Waals surface area (Å²) in [6, 6.07) is 0. The second-order valence-electron chi connectivity index (χ2n) is 1.66. The summed E-state index contributed by atoms with van der Waals surface area (Å²) in [6.45, 7) is 6.81. The molecule has 4 heteroatoms. The third-order valence-corrected chi connectivity index (χ3v) is 1.04. The Morgan fingerprint density at radius 2 is 2.70 bits per heavy atom. The van der Waals surface area contributed by atoms with E-state index in [1.54, 1.807) is 0 Å². The van der Waals surface area contributed by atoms with Gasteiger partial charge in [-0.05, 0) is 0 Å². The molecule has 4 nitrogen and oxygen atoms in total. The van der Waals surface area contributed by atoms with Crippen molar-refractivity contribution in [1.29, 1.82) is 0 Å². The highest BCUT2D eigenvalue weighted by molar-refractivity contribution is 5.20. The molecule has 1 aromatic heterocycles. The molecule has 10 heavy (non-hydrogen) atoms. The lowest BCUT2D eigenvalue weighted by Crippen LogP contribution is -1.83. The number of nitrogens with zero attached hydrogens (tertiary/aromatic N) is 2. The van der Waals surface area contributed by atoms with E-state index in [-0.39, 0.29) is 6.54 Å². The standard InChI is InChI=1S/C6H6N2O2/c1-7-3-5-4-8-10-6(5)9-2/h4H,3H2,2H3. The summed E-state index contributed by atoms with van der Waals surface area (Å²) in [4.78, 5) is 3.16. The van der Waals surface area contributed by atoms with Crippen molar-refractivity contribution < 1.29 is 9.26 Å². The van der Waals surface area contributed by atoms with Crippen molar-refractivity contribution in [1.82, 2.24) is 5.16 Å². The third-order valence-electron chi connectivity index (χ3n) is 1.04. The molecule has 52 valence electrons. The van der Waals surface area contributed by atoms with Gasteiger partial charge in [-0.3, -0.25) is 0 Å². The molecule has 0 radical (unpaired) electrons. The van der Waals surface area contributed by atoms with Crippen molar-refractivity contribution in [2.45, 2.75) is 6.54 Å². The highest BCUT2D eigenvalue weighted by atomic mass is 16.6. The number of hydrogen-bond donors (Lipinski definition) is 0. The minimum Gasteiger partial charge on any atom is -0.467 e. The summed E-state index contributed by atoms with van der Waals surface area (Å²) in [5.74, 6) is 0.330. The van der Waals surface area contributed by atoms with Crippen molar-refractivity contribution >= 4 is 0 Å². The predicted octanol–water partition coefficient (Wildman–Crippen LogP) is 1.10. The average Bonchev–Trinajstić information content (AvgIpc) is 2.36. The maximum absolute atomic E-state index is 6.55. The highest BCUT2D eigenvalue weighted by Crippen LogP contribution is 2.16. The minimum atomic E-state index is 0.257. The highest BCUT2D eigenvalue weighted by Gasteiger charge is 2.08. The Labute approximate surface area is 58.2 Å². The SMILES string of the molecule is [C-]#[N+]Cc1cnoc1OC. The van der Waals surface area contributed by atoms with E-state index in [1.807, 2.05) is 0 Å². The molecule has 0 saturated heterocycles. The fourth-order valence-electron chi connectivity index (χ4n) is 0.608. The van der Waals surface area contributed by atoms with E-state index in [0.717, 1.165) is 0 Å². The van der Waals surface area contributed by atoms with Crippen LogP contribution < -0.4 is 4.74 Å². The lowest BCUT2D eigenvalue weighted by atomic mass is 10.4. The Morgan fingerprint density at radius 1 is 1.90 bits per heavy atom. The van der Waals surface area contributed by atoms with Gasteiger partial charge in [0.1, 0.15) is 5.56 Å². The van der Waals surface area contributed by atoms with Gasteiger partial charge in [0.05, 0.1) is 13.3 Å². The van der Waals surface area contributed by atoms with Gasteiger partial charge < -0.3 is 14.1 Å². The summed E-state index contributed by atoms with van der Waals surface area (Å²) in [5, 5.41) is 3.47. The molecule has 0 saturated carbocycles. The lowest BCUT2D eigenvalue weighted by molar-refractivity contribution is 0.258. The Bertz CT molecular complexity index is 248. The van der Waals surface area contributed by atoms with Gasteiger partial charge in [0, 0.05) is 0 Å². The summed E-state index contributed by atoms with van der Waals surface area (Å²) >= 11 is 0. The van der Waals surface area contributed by atoms with Gasteiger partial charge in [0.2, 0.25) is 6.54 Å². The first kappa shape index (κ1) is 6.62. The smallest absolute Gasteiger partial charge is 0.321 e. The summed E-state index contributed by atoms with van der Waals surface area (Å²) < 4.78 is 9.42. The topological polar surface area (TPSA) is 39.6 Å². The molecule has 0 bridgehead atoms. The third kappa shape index (κ3) is 1.08. The van der Waals surface area contributed by atoms with E-state index >= 15 is 0 Å². The number of rotatable bonds is 2. The normalized spacial score (nSPS) is 8.80. The van der Waals surface area contributed by atoms with Crippen molar-refractivity contribution in [3.63, 3.8) is 0 Å². The molecule has 0 aliphatic heterocycles. The molecule has 0 atom stereocenters. The molecule has 1 rings (SSSR count). The molecule has 0 spiro atoms. The second kappa shape index (κ2) is 2.87. The Hall–Kier alpha value is -1.50. The molecule has 0 aliphatic rings. The number of hydrogen-bond acceptors (Lipinski definition) is 3. The maximum atomic E-state index is 6.55. The summed E-state index contributed by atoms with van der Waals surface area (Å²) in [5.41, 5.74) is 0.692. The van der Waals surface area contributed by atoms with Crippen LogP contribution in [0.25, 0.3) is 4.85 Å².